The number of hydrogen-bond donors (Lipinski definition) is 1. The van der Waals surface area contributed by atoms with Crippen LogP contribution in [0.3, 0.4) is 0 Å². The van der Waals surface area contributed by atoms with Crippen molar-refractivity contribution in [1.82, 2.24) is 0 Å². The minimum atomic E-state index is -0.363. The molecular formula is C14H18ClNO3. The van der Waals surface area contributed by atoms with Gasteiger partial charge in [-0.1, -0.05) is 24.6 Å². The van der Waals surface area contributed by atoms with E-state index in [-0.39, 0.29) is 12.0 Å². The molecular weight excluding hydrogens is 266 g/mol. The van der Waals surface area contributed by atoms with Gasteiger partial charge in [0, 0.05) is 6.61 Å². The van der Waals surface area contributed by atoms with Crippen molar-refractivity contribution in [2.45, 2.75) is 32.3 Å². The number of carbonyl (C=O) groups is 1. The largest absolute Gasteiger partial charge is 0.490 e. The summed E-state index contributed by atoms with van der Waals surface area (Å²) in [7, 11) is 0. The van der Waals surface area contributed by atoms with Crippen LogP contribution in [0.2, 0.25) is 5.02 Å². The molecule has 0 aliphatic carbocycles. The molecule has 0 bridgehead atoms. The van der Waals surface area contributed by atoms with Gasteiger partial charge in [0.2, 0.25) is 0 Å². The van der Waals surface area contributed by atoms with E-state index in [2.05, 4.69) is 5.32 Å². The molecule has 1 aromatic carbocycles. The fraction of sp³-hybridized carbons (Fsp3) is 0.500. The number of nitrogens with one attached hydrogen (secondary N) is 1. The summed E-state index contributed by atoms with van der Waals surface area (Å²) in [6, 6.07) is 5.31. The minimum absolute atomic E-state index is 0.138. The molecule has 0 aromatic heterocycles. The molecule has 5 heteroatoms. The summed E-state index contributed by atoms with van der Waals surface area (Å²) in [6.45, 7) is 3.22. The number of halogens is 1. The lowest BCUT2D eigenvalue weighted by atomic mass is 10.2. The van der Waals surface area contributed by atoms with Crippen molar-refractivity contribution in [1.29, 1.82) is 0 Å². The van der Waals surface area contributed by atoms with E-state index in [0.717, 1.165) is 19.3 Å². The summed E-state index contributed by atoms with van der Waals surface area (Å²) in [5.74, 6) is 0.387. The molecule has 1 atom stereocenters. The van der Waals surface area contributed by atoms with Gasteiger partial charge in [0.25, 0.3) is 5.91 Å². The average molecular weight is 284 g/mol. The molecule has 1 unspecified atom stereocenters. The number of hydrogen-bond acceptors (Lipinski definition) is 3. The van der Waals surface area contributed by atoms with Crippen molar-refractivity contribution in [2.75, 3.05) is 18.5 Å². The van der Waals surface area contributed by atoms with E-state index in [1.165, 1.54) is 0 Å². The second kappa shape index (κ2) is 6.78. The van der Waals surface area contributed by atoms with Crippen molar-refractivity contribution < 1.29 is 14.3 Å². The van der Waals surface area contributed by atoms with Gasteiger partial charge < -0.3 is 14.8 Å². The lowest BCUT2D eigenvalue weighted by Gasteiger charge is -2.15. The Balaban J connectivity index is 2.09. The molecule has 1 fully saturated rings. The minimum Gasteiger partial charge on any atom is -0.490 e. The van der Waals surface area contributed by atoms with Gasteiger partial charge in [0.05, 0.1) is 17.3 Å². The van der Waals surface area contributed by atoms with Crippen LogP contribution in [0.15, 0.2) is 18.2 Å². The molecule has 0 saturated carbocycles. The van der Waals surface area contributed by atoms with Crippen molar-refractivity contribution >= 4 is 23.2 Å². The van der Waals surface area contributed by atoms with Crippen LogP contribution in [-0.4, -0.2) is 25.2 Å². The molecule has 1 N–H and O–H groups in total. The van der Waals surface area contributed by atoms with Crippen molar-refractivity contribution in [3.05, 3.63) is 23.2 Å². The molecule has 1 aliphatic rings. The molecule has 0 radical (unpaired) electrons. The van der Waals surface area contributed by atoms with E-state index in [9.17, 15) is 4.79 Å². The fourth-order valence-corrected chi connectivity index (χ4v) is 2.18. The summed E-state index contributed by atoms with van der Waals surface area (Å²) in [6.07, 6.45) is 2.20. The smallest absolute Gasteiger partial charge is 0.253 e. The lowest BCUT2D eigenvalue weighted by Crippen LogP contribution is -2.27. The summed E-state index contributed by atoms with van der Waals surface area (Å²) in [5.41, 5.74) is 0.599. The van der Waals surface area contributed by atoms with E-state index in [0.29, 0.717) is 29.7 Å². The summed E-state index contributed by atoms with van der Waals surface area (Å²) in [4.78, 5) is 12.0. The zero-order chi connectivity index (χ0) is 13.7. The number of amides is 1. The van der Waals surface area contributed by atoms with E-state index in [4.69, 9.17) is 21.1 Å². The molecule has 0 spiro atoms. The molecule has 1 amide bonds. The van der Waals surface area contributed by atoms with Gasteiger partial charge in [-0.15, -0.1) is 0 Å². The standard InChI is InChI=1S/C14H18ClNO3/c1-2-8-19-13-10(15)5-3-6-11(13)16-14(17)12-7-4-9-18-12/h3,5-6,12H,2,4,7-9H2,1H3,(H,16,17). The zero-order valence-electron chi connectivity index (χ0n) is 10.9. The maximum Gasteiger partial charge on any atom is 0.253 e. The summed E-state index contributed by atoms with van der Waals surface area (Å²) < 4.78 is 10.9. The van der Waals surface area contributed by atoms with Crippen LogP contribution in [0.1, 0.15) is 26.2 Å². The highest BCUT2D eigenvalue weighted by atomic mass is 35.5. The quantitative estimate of drug-likeness (QED) is 0.902. The second-order valence-electron chi connectivity index (χ2n) is 4.46. The normalized spacial score (nSPS) is 18.3. The molecule has 1 aromatic rings. The number of anilines is 1. The Bertz CT molecular complexity index is 444. The van der Waals surface area contributed by atoms with Crippen LogP contribution >= 0.6 is 11.6 Å². The monoisotopic (exact) mass is 283 g/mol. The third kappa shape index (κ3) is 3.61. The molecule has 4 nitrogen and oxygen atoms in total. The molecule has 1 saturated heterocycles. The number of carbonyl (C=O) groups excluding carboxylic acids is 1. The van der Waals surface area contributed by atoms with E-state index >= 15 is 0 Å². The Hall–Kier alpha value is -1.26. The molecule has 1 aliphatic heterocycles. The van der Waals surface area contributed by atoms with E-state index < -0.39 is 0 Å². The number of rotatable bonds is 5. The highest BCUT2D eigenvalue weighted by Gasteiger charge is 2.24. The molecule has 19 heavy (non-hydrogen) atoms. The SMILES string of the molecule is CCCOc1c(Cl)cccc1NC(=O)C1CCCO1. The third-order valence-corrected chi connectivity index (χ3v) is 3.20. The summed E-state index contributed by atoms with van der Waals surface area (Å²) in [5, 5.41) is 3.33. The van der Waals surface area contributed by atoms with Gasteiger partial charge in [-0.3, -0.25) is 4.79 Å². The van der Waals surface area contributed by atoms with Crippen molar-refractivity contribution in [3.8, 4) is 5.75 Å². The number of benzene rings is 1. The first kappa shape index (κ1) is 14.2. The maximum absolute atomic E-state index is 12.0. The third-order valence-electron chi connectivity index (χ3n) is 2.90. The predicted octanol–water partition coefficient (Wildman–Crippen LogP) is 3.25. The number of ether oxygens (including phenoxy) is 2. The van der Waals surface area contributed by atoms with Crippen LogP contribution < -0.4 is 10.1 Å². The van der Waals surface area contributed by atoms with E-state index in [1.807, 2.05) is 6.92 Å². The van der Waals surface area contributed by atoms with Crippen LogP contribution in [0.5, 0.6) is 5.75 Å². The Morgan fingerprint density at radius 2 is 2.42 bits per heavy atom. The Kier molecular flexibility index (Phi) is 5.05. The first-order valence-corrected chi connectivity index (χ1v) is 6.94. The van der Waals surface area contributed by atoms with Crippen LogP contribution in [0.4, 0.5) is 5.69 Å². The first-order chi connectivity index (χ1) is 9.22. The van der Waals surface area contributed by atoms with Gasteiger partial charge in [0.1, 0.15) is 6.10 Å². The second-order valence-corrected chi connectivity index (χ2v) is 4.86. The number of para-hydroxylation sites is 1. The van der Waals surface area contributed by atoms with Gasteiger partial charge in [-0.05, 0) is 31.4 Å². The van der Waals surface area contributed by atoms with E-state index in [1.54, 1.807) is 18.2 Å². The molecule has 1 heterocycles. The van der Waals surface area contributed by atoms with Crippen LogP contribution in [-0.2, 0) is 9.53 Å². The average Bonchev–Trinajstić information content (AvgIpc) is 2.92. The Labute approximate surface area is 118 Å². The van der Waals surface area contributed by atoms with Gasteiger partial charge in [-0.2, -0.15) is 0 Å². The molecule has 104 valence electrons. The first-order valence-electron chi connectivity index (χ1n) is 6.56. The highest BCUT2D eigenvalue weighted by molar-refractivity contribution is 6.32. The molecule has 2 rings (SSSR count). The zero-order valence-corrected chi connectivity index (χ0v) is 11.7. The topological polar surface area (TPSA) is 47.6 Å². The Morgan fingerprint density at radius 1 is 1.58 bits per heavy atom. The van der Waals surface area contributed by atoms with Gasteiger partial charge in [-0.25, -0.2) is 0 Å². The predicted molar refractivity (Wildman–Crippen MR) is 74.8 cm³/mol. The fourth-order valence-electron chi connectivity index (χ4n) is 1.96. The van der Waals surface area contributed by atoms with Crippen LogP contribution in [0.25, 0.3) is 0 Å². The Morgan fingerprint density at radius 3 is 3.11 bits per heavy atom. The van der Waals surface area contributed by atoms with Crippen molar-refractivity contribution in [2.24, 2.45) is 0 Å². The highest BCUT2D eigenvalue weighted by Crippen LogP contribution is 2.33. The van der Waals surface area contributed by atoms with Gasteiger partial charge in [0.15, 0.2) is 5.75 Å². The maximum atomic E-state index is 12.0. The van der Waals surface area contributed by atoms with Crippen LogP contribution in [0, 0.1) is 0 Å². The van der Waals surface area contributed by atoms with Crippen molar-refractivity contribution in [3.63, 3.8) is 0 Å². The summed E-state index contributed by atoms with van der Waals surface area (Å²) >= 11 is 6.10. The van der Waals surface area contributed by atoms with Gasteiger partial charge >= 0.3 is 0 Å². The lowest BCUT2D eigenvalue weighted by molar-refractivity contribution is -0.124.